The van der Waals surface area contributed by atoms with Crippen molar-refractivity contribution in [2.75, 3.05) is 6.61 Å². The maximum Gasteiger partial charge on any atom is 0.220 e. The van der Waals surface area contributed by atoms with Gasteiger partial charge >= 0.3 is 0 Å². The van der Waals surface area contributed by atoms with E-state index in [9.17, 15) is 15.0 Å². The van der Waals surface area contributed by atoms with Crippen molar-refractivity contribution in [3.8, 4) is 0 Å². The Morgan fingerprint density at radius 2 is 0.577 bits per heavy atom. The molecule has 0 aliphatic heterocycles. The number of hydrogen-bond donors (Lipinski definition) is 3. The van der Waals surface area contributed by atoms with Gasteiger partial charge in [-0.25, -0.2) is 0 Å². The molecule has 3 N–H and O–H groups in total. The van der Waals surface area contributed by atoms with Gasteiger partial charge in [-0.2, -0.15) is 0 Å². The van der Waals surface area contributed by atoms with E-state index in [2.05, 4.69) is 153 Å². The van der Waals surface area contributed by atoms with Gasteiger partial charge < -0.3 is 15.5 Å². The van der Waals surface area contributed by atoms with Crippen LogP contribution in [-0.2, 0) is 4.79 Å². The molecule has 78 heavy (non-hydrogen) atoms. The molecule has 0 spiro atoms. The van der Waals surface area contributed by atoms with Crippen molar-refractivity contribution in [1.29, 1.82) is 0 Å². The molecule has 0 rings (SSSR count). The predicted octanol–water partition coefficient (Wildman–Crippen LogP) is 22.7. The lowest BCUT2D eigenvalue weighted by Crippen LogP contribution is -2.45. The number of nitrogens with one attached hydrogen (secondary N) is 1. The van der Waals surface area contributed by atoms with Crippen LogP contribution >= 0.6 is 0 Å². The quantitative estimate of drug-likeness (QED) is 0.0420. The van der Waals surface area contributed by atoms with E-state index < -0.39 is 12.1 Å². The third kappa shape index (κ3) is 63.1. The van der Waals surface area contributed by atoms with Crippen LogP contribution in [0.15, 0.2) is 146 Å². The van der Waals surface area contributed by atoms with Crippen molar-refractivity contribution >= 4 is 5.91 Å². The van der Waals surface area contributed by atoms with Crippen molar-refractivity contribution in [1.82, 2.24) is 5.32 Å². The van der Waals surface area contributed by atoms with Gasteiger partial charge in [0.2, 0.25) is 5.91 Å². The van der Waals surface area contributed by atoms with Crippen LogP contribution in [0.25, 0.3) is 0 Å². The summed E-state index contributed by atoms with van der Waals surface area (Å²) in [5, 5.41) is 23.2. The van der Waals surface area contributed by atoms with E-state index in [4.69, 9.17) is 0 Å². The predicted molar refractivity (Wildman–Crippen MR) is 349 cm³/mol. The van der Waals surface area contributed by atoms with Crippen LogP contribution in [0.3, 0.4) is 0 Å². The van der Waals surface area contributed by atoms with Crippen molar-refractivity contribution in [3.63, 3.8) is 0 Å². The first-order valence-corrected chi connectivity index (χ1v) is 33.0. The van der Waals surface area contributed by atoms with Crippen LogP contribution < -0.4 is 5.32 Å². The van der Waals surface area contributed by atoms with Gasteiger partial charge in [-0.15, -0.1) is 0 Å². The molecule has 0 aromatic rings. The molecule has 1 amide bonds. The minimum absolute atomic E-state index is 0.101. The molecule has 2 atom stereocenters. The fourth-order valence-electron chi connectivity index (χ4n) is 9.32. The fraction of sp³-hybridized carbons (Fsp3) is 0.662. The standard InChI is InChI=1S/C74H125NO3/c1-3-5-7-9-11-13-15-17-19-21-23-25-27-29-31-33-35-37-39-41-43-45-47-49-51-53-55-57-59-61-63-65-67-69-73(77)72(71-76)75-74(78)70-68-66-64-62-60-58-56-54-52-50-48-46-44-42-40-38-36-34-32-30-28-26-24-22-20-18-16-14-12-10-8-6-4-2/h6,8,12,14,18,20,24,26,30,32,36,38,42,44,48,50-51,53-54,56,59,61,67,69,72-73,76-77H,3-5,7,9-11,13,15-17,19,21-23,25,27-29,31,33-35,37,39-41,43,45-47,49,52,55,57-58,60,62-66,68,70-71H2,1-2H3,(H,75,78)/b8-6-,14-12-,20-18-,26-24-,32-30-,38-36-,44-42-,50-48-,53-51+,56-54-,61-59+,69-67+. The van der Waals surface area contributed by atoms with Crippen LogP contribution in [0.4, 0.5) is 0 Å². The summed E-state index contributed by atoms with van der Waals surface area (Å²) < 4.78 is 0. The number of carbonyl (C=O) groups excluding carboxylic acids is 1. The molecule has 0 aromatic carbocycles. The molecule has 0 aliphatic rings. The first kappa shape index (κ1) is 74.3. The Hall–Kier alpha value is -3.73. The molecule has 0 saturated heterocycles. The lowest BCUT2D eigenvalue weighted by atomic mass is 10.0. The van der Waals surface area contributed by atoms with Crippen LogP contribution in [0, 0.1) is 0 Å². The van der Waals surface area contributed by atoms with Crippen LogP contribution in [-0.4, -0.2) is 34.9 Å². The topological polar surface area (TPSA) is 69.6 Å². The lowest BCUT2D eigenvalue weighted by molar-refractivity contribution is -0.123. The van der Waals surface area contributed by atoms with Crippen molar-refractivity contribution in [2.45, 2.75) is 309 Å². The highest BCUT2D eigenvalue weighted by Crippen LogP contribution is 2.16. The van der Waals surface area contributed by atoms with Crippen LogP contribution in [0.2, 0.25) is 0 Å². The summed E-state index contributed by atoms with van der Waals surface area (Å²) in [5.41, 5.74) is 0. The molecule has 4 nitrogen and oxygen atoms in total. The number of hydrogen-bond acceptors (Lipinski definition) is 3. The number of carbonyl (C=O) groups is 1. The Bertz CT molecular complexity index is 1600. The zero-order chi connectivity index (χ0) is 56.2. The smallest absolute Gasteiger partial charge is 0.220 e. The normalized spacial score (nSPS) is 13.7. The van der Waals surface area contributed by atoms with Gasteiger partial charge in [0.15, 0.2) is 0 Å². The monoisotopic (exact) mass is 1080 g/mol. The van der Waals surface area contributed by atoms with Crippen molar-refractivity contribution < 1.29 is 15.0 Å². The molecule has 0 fully saturated rings. The van der Waals surface area contributed by atoms with Crippen molar-refractivity contribution in [3.05, 3.63) is 146 Å². The summed E-state index contributed by atoms with van der Waals surface area (Å²) in [7, 11) is 0. The molecule has 0 radical (unpaired) electrons. The summed E-state index contributed by atoms with van der Waals surface area (Å²) in [5.74, 6) is -0.101. The molecule has 0 bridgehead atoms. The molecule has 2 unspecified atom stereocenters. The van der Waals surface area contributed by atoms with Gasteiger partial charge in [0.25, 0.3) is 0 Å². The molecule has 4 heteroatoms. The minimum Gasteiger partial charge on any atom is -0.394 e. The summed E-state index contributed by atoms with van der Waals surface area (Å²) in [6.07, 6.45) is 106. The van der Waals surface area contributed by atoms with E-state index in [0.717, 1.165) is 116 Å². The van der Waals surface area contributed by atoms with Gasteiger partial charge in [-0.1, -0.05) is 320 Å². The molecule has 0 aliphatic carbocycles. The van der Waals surface area contributed by atoms with Gasteiger partial charge in [0.05, 0.1) is 18.8 Å². The number of rotatable bonds is 59. The van der Waals surface area contributed by atoms with E-state index >= 15 is 0 Å². The third-order valence-electron chi connectivity index (χ3n) is 14.3. The molecule has 0 heterocycles. The number of unbranched alkanes of at least 4 members (excludes halogenated alkanes) is 30. The Morgan fingerprint density at radius 3 is 0.897 bits per heavy atom. The van der Waals surface area contributed by atoms with Gasteiger partial charge in [-0.05, 0) is 116 Å². The molecular weight excluding hydrogens is 951 g/mol. The lowest BCUT2D eigenvalue weighted by Gasteiger charge is -2.19. The van der Waals surface area contributed by atoms with Crippen molar-refractivity contribution in [2.24, 2.45) is 0 Å². The average molecular weight is 1080 g/mol. The van der Waals surface area contributed by atoms with Crippen LogP contribution in [0.5, 0.6) is 0 Å². The highest BCUT2D eigenvalue weighted by molar-refractivity contribution is 5.76. The van der Waals surface area contributed by atoms with E-state index in [-0.39, 0.29) is 12.5 Å². The average Bonchev–Trinajstić information content (AvgIpc) is 3.44. The highest BCUT2D eigenvalue weighted by atomic mass is 16.3. The second-order valence-electron chi connectivity index (χ2n) is 21.8. The molecule has 444 valence electrons. The number of allylic oxidation sites excluding steroid dienone is 23. The first-order chi connectivity index (χ1) is 38.7. The van der Waals surface area contributed by atoms with E-state index in [0.29, 0.717) is 6.42 Å². The Morgan fingerprint density at radius 1 is 0.321 bits per heavy atom. The first-order valence-electron chi connectivity index (χ1n) is 33.0. The highest BCUT2D eigenvalue weighted by Gasteiger charge is 2.18. The van der Waals surface area contributed by atoms with E-state index in [1.165, 1.54) is 161 Å². The minimum atomic E-state index is -0.892. The molecular formula is C74H125NO3. The Labute approximate surface area is 484 Å². The molecule has 0 saturated carbocycles. The maximum absolute atomic E-state index is 12.5. The van der Waals surface area contributed by atoms with Gasteiger partial charge in [0.1, 0.15) is 0 Å². The number of amides is 1. The summed E-state index contributed by atoms with van der Waals surface area (Å²) in [4.78, 5) is 12.5. The number of aliphatic hydroxyl groups is 2. The number of aliphatic hydroxyl groups excluding tert-OH is 2. The largest absolute Gasteiger partial charge is 0.394 e. The third-order valence-corrected chi connectivity index (χ3v) is 14.3. The zero-order valence-electron chi connectivity index (χ0n) is 51.1. The maximum atomic E-state index is 12.5. The van der Waals surface area contributed by atoms with E-state index in [1.54, 1.807) is 6.08 Å². The summed E-state index contributed by atoms with van der Waals surface area (Å²) in [6, 6.07) is -0.670. The van der Waals surface area contributed by atoms with Crippen LogP contribution in [0.1, 0.15) is 296 Å². The fourth-order valence-corrected chi connectivity index (χ4v) is 9.32. The summed E-state index contributed by atoms with van der Waals surface area (Å²) in [6.45, 7) is 4.18. The zero-order valence-corrected chi connectivity index (χ0v) is 51.1. The Kier molecular flexibility index (Phi) is 64.3. The van der Waals surface area contributed by atoms with Gasteiger partial charge in [-0.3, -0.25) is 4.79 Å². The Balaban J connectivity index is 3.65. The molecule has 0 aromatic heterocycles. The second kappa shape index (κ2) is 67.5. The summed E-state index contributed by atoms with van der Waals surface area (Å²) >= 11 is 0. The van der Waals surface area contributed by atoms with E-state index in [1.807, 2.05) is 6.08 Å². The SMILES string of the molecule is CC/C=C\C/C=C\C/C=C\C/C=C\C/C=C\C/C=C\C/C=C\C/C=C\C/C=C\CCCCCCCC(=O)NC(CO)C(O)/C=C/CC/C=C/CC/C=C/CCCCCCCCCCCCCCCCCCCCCCCCC. The second-order valence-corrected chi connectivity index (χ2v) is 21.8. The van der Waals surface area contributed by atoms with Gasteiger partial charge in [0, 0.05) is 6.42 Å².